The molecule has 2 atom stereocenters. The van der Waals surface area contributed by atoms with Gasteiger partial charge in [0.25, 0.3) is 5.91 Å². The monoisotopic (exact) mass is 302 g/mol. The topological polar surface area (TPSA) is 105 Å². The normalized spacial score (nSPS) is 25.1. The molecule has 0 saturated carbocycles. The largest absolute Gasteiger partial charge is 0.477 e. The minimum absolute atomic E-state index is 0.103. The maximum absolute atomic E-state index is 11.9. The van der Waals surface area contributed by atoms with E-state index in [0.29, 0.717) is 11.3 Å². The van der Waals surface area contributed by atoms with E-state index in [-0.39, 0.29) is 23.6 Å². The summed E-state index contributed by atoms with van der Waals surface area (Å²) in [6, 6.07) is -0.561. The summed E-state index contributed by atoms with van der Waals surface area (Å²) in [5.74, 6) is -1.70. The van der Waals surface area contributed by atoms with Crippen LogP contribution >= 0.6 is 11.8 Å². The van der Waals surface area contributed by atoms with Gasteiger partial charge >= 0.3 is 11.9 Å². The number of carbonyl (C=O) groups excluding carboxylic acids is 2. The Morgan fingerprint density at radius 2 is 2.25 bits per heavy atom. The maximum Gasteiger partial charge on any atom is 0.352 e. The van der Waals surface area contributed by atoms with Gasteiger partial charge < -0.3 is 14.7 Å². The number of hydrogen-bond donors (Lipinski definition) is 2. The van der Waals surface area contributed by atoms with Crippen LogP contribution in [0.2, 0.25) is 0 Å². The van der Waals surface area contributed by atoms with E-state index >= 15 is 0 Å². The number of β-lactam (4-membered cyclic amide) rings is 1. The molecule has 0 spiro atoms. The third-order valence-corrected chi connectivity index (χ3v) is 4.28. The van der Waals surface area contributed by atoms with Crippen LogP contribution in [0.15, 0.2) is 11.3 Å². The summed E-state index contributed by atoms with van der Waals surface area (Å²) in [5.41, 5.74) is 2.85. The lowest BCUT2D eigenvalue weighted by Gasteiger charge is -2.49. The van der Waals surface area contributed by atoms with Crippen LogP contribution in [0.1, 0.15) is 6.92 Å². The van der Waals surface area contributed by atoms with E-state index in [4.69, 9.17) is 9.57 Å². The number of carboxylic acids is 1. The fourth-order valence-corrected chi connectivity index (χ4v) is 3.40. The van der Waals surface area contributed by atoms with Crippen molar-refractivity contribution in [1.29, 1.82) is 0 Å². The number of ether oxygens (including phenoxy) is 1. The van der Waals surface area contributed by atoms with E-state index < -0.39 is 18.0 Å². The first kappa shape index (κ1) is 14.8. The van der Waals surface area contributed by atoms with Crippen molar-refractivity contribution in [2.45, 2.75) is 18.3 Å². The molecule has 0 aromatic rings. The first-order valence-electron chi connectivity index (χ1n) is 5.79. The van der Waals surface area contributed by atoms with Gasteiger partial charge in [0, 0.05) is 18.2 Å². The van der Waals surface area contributed by atoms with E-state index in [1.807, 2.05) is 0 Å². The van der Waals surface area contributed by atoms with E-state index in [1.54, 1.807) is 0 Å². The summed E-state index contributed by atoms with van der Waals surface area (Å²) in [4.78, 5) is 40.0. The molecule has 1 fully saturated rings. The smallest absolute Gasteiger partial charge is 0.352 e. The highest BCUT2D eigenvalue weighted by Gasteiger charge is 2.53. The van der Waals surface area contributed by atoms with Crippen molar-refractivity contribution in [3.8, 4) is 0 Å². The second-order valence-corrected chi connectivity index (χ2v) is 5.35. The predicted molar refractivity (Wildman–Crippen MR) is 68.3 cm³/mol. The van der Waals surface area contributed by atoms with Gasteiger partial charge in [0.1, 0.15) is 23.7 Å². The molecule has 110 valence electrons. The van der Waals surface area contributed by atoms with Gasteiger partial charge in [0.2, 0.25) is 0 Å². The molecular weight excluding hydrogens is 288 g/mol. The Hall–Kier alpha value is -1.58. The summed E-state index contributed by atoms with van der Waals surface area (Å²) in [7, 11) is 1.39. The molecule has 2 N–H and O–H groups in total. The fraction of sp³-hybridized carbons (Fsp3) is 0.545. The second kappa shape index (κ2) is 5.81. The highest BCUT2D eigenvalue weighted by Crippen LogP contribution is 2.40. The van der Waals surface area contributed by atoms with Crippen molar-refractivity contribution in [1.82, 2.24) is 10.4 Å². The van der Waals surface area contributed by atoms with Crippen LogP contribution in [0, 0.1) is 0 Å². The molecule has 0 unspecified atom stereocenters. The molecule has 0 aromatic heterocycles. The standard InChI is InChI=1S/C11H14N2O6S/c1-5(14)19-3-6-4-20-10-7(12-18-2)9(15)13(10)8(6)11(16)17/h7,10,12H,3-4H2,1-2H3,(H,16,17)/t7-,10+/m0/s1. The number of hydrogen-bond acceptors (Lipinski definition) is 7. The summed E-state index contributed by atoms with van der Waals surface area (Å²) < 4.78 is 4.83. The summed E-state index contributed by atoms with van der Waals surface area (Å²) in [6.07, 6.45) is 0. The Kier molecular flexibility index (Phi) is 4.31. The van der Waals surface area contributed by atoms with Gasteiger partial charge in [-0.15, -0.1) is 11.8 Å². The Bertz CT molecular complexity index is 491. The fourth-order valence-electron chi connectivity index (χ4n) is 2.09. The molecule has 9 heteroatoms. The summed E-state index contributed by atoms with van der Waals surface area (Å²) in [6.45, 7) is 1.12. The quantitative estimate of drug-likeness (QED) is 0.391. The van der Waals surface area contributed by atoms with E-state index in [1.165, 1.54) is 30.7 Å². The number of amides is 1. The van der Waals surface area contributed by atoms with Gasteiger partial charge in [-0.1, -0.05) is 0 Å². The minimum atomic E-state index is -1.21. The number of nitrogens with one attached hydrogen (secondary N) is 1. The van der Waals surface area contributed by atoms with Gasteiger partial charge in [-0.25, -0.2) is 4.79 Å². The predicted octanol–water partition coefficient (Wildman–Crippen LogP) is -0.677. The zero-order chi connectivity index (χ0) is 14.9. The molecule has 2 heterocycles. The molecule has 0 aliphatic carbocycles. The summed E-state index contributed by atoms with van der Waals surface area (Å²) in [5, 5.41) is 8.95. The van der Waals surface area contributed by atoms with Crippen molar-refractivity contribution in [3.05, 3.63) is 11.3 Å². The Morgan fingerprint density at radius 1 is 1.55 bits per heavy atom. The van der Waals surface area contributed by atoms with Crippen LogP contribution in [0.3, 0.4) is 0 Å². The lowest BCUT2D eigenvalue weighted by Crippen LogP contribution is -2.69. The molecule has 0 bridgehead atoms. The maximum atomic E-state index is 11.9. The third kappa shape index (κ3) is 2.51. The van der Waals surface area contributed by atoms with Crippen LogP contribution in [0.25, 0.3) is 0 Å². The number of nitrogens with zero attached hydrogens (tertiary/aromatic N) is 1. The molecule has 0 aromatic carbocycles. The van der Waals surface area contributed by atoms with Crippen LogP contribution in [0.4, 0.5) is 0 Å². The lowest BCUT2D eigenvalue weighted by molar-refractivity contribution is -0.154. The molecule has 1 amide bonds. The molecular formula is C11H14N2O6S. The Balaban J connectivity index is 2.21. The minimum Gasteiger partial charge on any atom is -0.477 e. The molecule has 8 nitrogen and oxygen atoms in total. The molecule has 1 saturated heterocycles. The van der Waals surface area contributed by atoms with Gasteiger partial charge in [-0.2, -0.15) is 5.48 Å². The molecule has 2 aliphatic heterocycles. The molecule has 0 radical (unpaired) electrons. The van der Waals surface area contributed by atoms with Crippen molar-refractivity contribution >= 4 is 29.6 Å². The molecule has 2 rings (SSSR count). The highest BCUT2D eigenvalue weighted by molar-refractivity contribution is 8.00. The van der Waals surface area contributed by atoms with Crippen molar-refractivity contribution in [2.24, 2.45) is 0 Å². The average molecular weight is 302 g/mol. The van der Waals surface area contributed by atoms with Crippen molar-refractivity contribution in [2.75, 3.05) is 19.5 Å². The van der Waals surface area contributed by atoms with Crippen LogP contribution in [-0.4, -0.2) is 58.7 Å². The molecule has 2 aliphatic rings. The SMILES string of the molecule is CON[C@H]1C(=O)N2C(C(=O)O)=C(COC(C)=O)CS[C@H]12. The second-order valence-electron chi connectivity index (χ2n) is 4.25. The first-order chi connectivity index (χ1) is 9.47. The van der Waals surface area contributed by atoms with Gasteiger partial charge in [0.05, 0.1) is 7.11 Å². The number of fused-ring (bicyclic) bond motifs is 1. The van der Waals surface area contributed by atoms with Crippen molar-refractivity contribution < 1.29 is 29.1 Å². The number of aliphatic carboxylic acids is 1. The first-order valence-corrected chi connectivity index (χ1v) is 6.84. The highest BCUT2D eigenvalue weighted by atomic mass is 32.2. The lowest BCUT2D eigenvalue weighted by atomic mass is 10.0. The summed E-state index contributed by atoms with van der Waals surface area (Å²) >= 11 is 1.40. The van der Waals surface area contributed by atoms with E-state index in [9.17, 15) is 19.5 Å². The Morgan fingerprint density at radius 3 is 2.80 bits per heavy atom. The van der Waals surface area contributed by atoms with Crippen molar-refractivity contribution in [3.63, 3.8) is 0 Å². The number of thioether (sulfide) groups is 1. The van der Waals surface area contributed by atoms with Crippen LogP contribution < -0.4 is 5.48 Å². The van der Waals surface area contributed by atoms with Crippen LogP contribution in [0.5, 0.6) is 0 Å². The number of hydroxylamine groups is 1. The number of carboxylic acid groups (broad SMARTS) is 1. The van der Waals surface area contributed by atoms with Gasteiger partial charge in [-0.3, -0.25) is 14.5 Å². The number of carbonyl (C=O) groups is 3. The van der Waals surface area contributed by atoms with Gasteiger partial charge in [-0.05, 0) is 0 Å². The Labute approximate surface area is 119 Å². The zero-order valence-corrected chi connectivity index (χ0v) is 11.7. The third-order valence-electron chi connectivity index (χ3n) is 2.94. The van der Waals surface area contributed by atoms with Gasteiger partial charge in [0.15, 0.2) is 0 Å². The number of esters is 1. The molecule has 20 heavy (non-hydrogen) atoms. The van der Waals surface area contributed by atoms with E-state index in [2.05, 4.69) is 5.48 Å². The zero-order valence-electron chi connectivity index (χ0n) is 10.9. The average Bonchev–Trinajstić information content (AvgIpc) is 2.40. The van der Waals surface area contributed by atoms with E-state index in [0.717, 1.165) is 0 Å². The number of rotatable bonds is 5. The van der Waals surface area contributed by atoms with Crippen LogP contribution in [-0.2, 0) is 24.0 Å².